The van der Waals surface area contributed by atoms with Crippen LogP contribution >= 0.6 is 0 Å². The highest BCUT2D eigenvalue weighted by molar-refractivity contribution is 6.35. The number of benzene rings is 1. The van der Waals surface area contributed by atoms with Crippen LogP contribution in [0.3, 0.4) is 0 Å². The average molecular weight is 333 g/mol. The summed E-state index contributed by atoms with van der Waals surface area (Å²) in [5.41, 5.74) is 1.43. The highest BCUT2D eigenvalue weighted by Gasteiger charge is 2.15. The van der Waals surface area contributed by atoms with Crippen LogP contribution in [0.25, 0.3) is 0 Å². The van der Waals surface area contributed by atoms with E-state index in [1.54, 1.807) is 10.6 Å². The number of carbonyl (C=O) groups excluding carboxylic acids is 2. The van der Waals surface area contributed by atoms with E-state index in [1.807, 2.05) is 19.3 Å². The lowest BCUT2D eigenvalue weighted by Gasteiger charge is -2.12. The molecule has 1 aromatic carbocycles. The van der Waals surface area contributed by atoms with Gasteiger partial charge in [-0.15, -0.1) is 0 Å². The highest BCUT2D eigenvalue weighted by Crippen LogP contribution is 2.15. The molecule has 0 aliphatic heterocycles. The average Bonchev–Trinajstić information content (AvgIpc) is 3.00. The summed E-state index contributed by atoms with van der Waals surface area (Å²) in [6.07, 6.45) is 1.40. The second-order valence-corrected chi connectivity index (χ2v) is 5.41. The van der Waals surface area contributed by atoms with Crippen LogP contribution < -0.4 is 10.6 Å². The number of aryl methyl sites for hydroxylation is 1. The summed E-state index contributed by atoms with van der Waals surface area (Å²) >= 11 is 0. The normalized spacial score (nSPS) is 11.8. The molecule has 0 spiro atoms. The fraction of sp³-hybridized carbons (Fsp3) is 0.294. The monoisotopic (exact) mass is 333 g/mol. The quantitative estimate of drug-likeness (QED) is 0.690. The molecule has 0 bridgehead atoms. The molecule has 0 aliphatic rings. The Bertz CT molecular complexity index is 697. The summed E-state index contributed by atoms with van der Waals surface area (Å²) in [7, 11) is 1.82. The van der Waals surface area contributed by atoms with Crippen molar-refractivity contribution in [3.63, 3.8) is 0 Å². The van der Waals surface area contributed by atoms with Gasteiger partial charge in [0.15, 0.2) is 0 Å². The number of amides is 2. The van der Waals surface area contributed by atoms with Crippen LogP contribution in [0.2, 0.25) is 0 Å². The molecule has 0 unspecified atom stereocenters. The van der Waals surface area contributed by atoms with Crippen molar-refractivity contribution in [1.82, 2.24) is 15.2 Å². The Kier molecular flexibility index (Phi) is 6.08. The van der Waals surface area contributed by atoms with Crippen molar-refractivity contribution in [2.24, 2.45) is 7.05 Å². The Hall–Kier alpha value is -2.67. The van der Waals surface area contributed by atoms with Gasteiger partial charge in [0.2, 0.25) is 0 Å². The van der Waals surface area contributed by atoms with Gasteiger partial charge in [0.05, 0.1) is 6.10 Å². The molecule has 24 heavy (non-hydrogen) atoms. The fourth-order valence-electron chi connectivity index (χ4n) is 2.24. The molecule has 1 heterocycles. The number of halogens is 1. The zero-order valence-corrected chi connectivity index (χ0v) is 13.3. The lowest BCUT2D eigenvalue weighted by atomic mass is 10.2. The van der Waals surface area contributed by atoms with E-state index >= 15 is 0 Å². The topological polar surface area (TPSA) is 83.4 Å². The van der Waals surface area contributed by atoms with Crippen molar-refractivity contribution in [3.05, 3.63) is 59.7 Å². The standard InChI is InChI=1S/C17H20FN3O3/c1-21-10-2-3-14(21)15(22)8-9-19-16(23)17(24)20-11-12-4-6-13(18)7-5-12/h2-7,10,15,22H,8-9,11H2,1H3,(H,19,23)(H,20,24)/t15-/m0/s1. The number of aromatic nitrogens is 1. The van der Waals surface area contributed by atoms with Crippen molar-refractivity contribution in [2.45, 2.75) is 19.1 Å². The third-order valence-corrected chi connectivity index (χ3v) is 3.60. The number of hydrogen-bond acceptors (Lipinski definition) is 3. The highest BCUT2D eigenvalue weighted by atomic mass is 19.1. The minimum absolute atomic E-state index is 0.137. The fourth-order valence-corrected chi connectivity index (χ4v) is 2.24. The van der Waals surface area contributed by atoms with Crippen LogP contribution in [0.5, 0.6) is 0 Å². The predicted molar refractivity (Wildman–Crippen MR) is 86.2 cm³/mol. The van der Waals surface area contributed by atoms with E-state index in [1.165, 1.54) is 24.3 Å². The lowest BCUT2D eigenvalue weighted by molar-refractivity contribution is -0.139. The van der Waals surface area contributed by atoms with Crippen molar-refractivity contribution < 1.29 is 19.1 Å². The second kappa shape index (κ2) is 8.26. The maximum atomic E-state index is 12.8. The number of hydrogen-bond donors (Lipinski definition) is 3. The van der Waals surface area contributed by atoms with E-state index in [-0.39, 0.29) is 18.9 Å². The molecule has 1 aromatic heterocycles. The van der Waals surface area contributed by atoms with E-state index in [4.69, 9.17) is 0 Å². The van der Waals surface area contributed by atoms with Gasteiger partial charge in [0.25, 0.3) is 0 Å². The number of nitrogens with one attached hydrogen (secondary N) is 2. The van der Waals surface area contributed by atoms with Gasteiger partial charge in [-0.05, 0) is 36.2 Å². The second-order valence-electron chi connectivity index (χ2n) is 5.41. The molecule has 0 fully saturated rings. The van der Waals surface area contributed by atoms with Crippen LogP contribution in [-0.4, -0.2) is 28.0 Å². The molecule has 2 amide bonds. The molecule has 2 aromatic rings. The third-order valence-electron chi connectivity index (χ3n) is 3.60. The van der Waals surface area contributed by atoms with Gasteiger partial charge in [-0.1, -0.05) is 12.1 Å². The van der Waals surface area contributed by atoms with Gasteiger partial charge in [-0.25, -0.2) is 4.39 Å². The van der Waals surface area contributed by atoms with E-state index in [0.29, 0.717) is 12.0 Å². The first-order valence-electron chi connectivity index (χ1n) is 7.57. The molecule has 1 atom stereocenters. The van der Waals surface area contributed by atoms with Crippen LogP contribution in [0, 0.1) is 5.82 Å². The summed E-state index contributed by atoms with van der Waals surface area (Å²) < 4.78 is 14.6. The molecule has 128 valence electrons. The van der Waals surface area contributed by atoms with Crippen molar-refractivity contribution in [1.29, 1.82) is 0 Å². The molecule has 0 aliphatic carbocycles. The zero-order valence-electron chi connectivity index (χ0n) is 13.3. The summed E-state index contributed by atoms with van der Waals surface area (Å²) in [6, 6.07) is 9.24. The summed E-state index contributed by atoms with van der Waals surface area (Å²) in [6.45, 7) is 0.313. The van der Waals surface area contributed by atoms with Gasteiger partial charge in [0, 0.05) is 32.0 Å². The minimum atomic E-state index is -0.771. The molecule has 0 saturated carbocycles. The number of nitrogens with zero attached hydrogens (tertiary/aromatic N) is 1. The number of carbonyl (C=O) groups is 2. The maximum absolute atomic E-state index is 12.8. The number of aliphatic hydroxyl groups excluding tert-OH is 1. The van der Waals surface area contributed by atoms with E-state index in [9.17, 15) is 19.1 Å². The van der Waals surface area contributed by atoms with E-state index < -0.39 is 17.9 Å². The van der Waals surface area contributed by atoms with Crippen molar-refractivity contribution in [2.75, 3.05) is 6.54 Å². The molecule has 0 radical (unpaired) electrons. The smallest absolute Gasteiger partial charge is 0.309 e. The molecule has 2 rings (SSSR count). The molecule has 7 heteroatoms. The van der Waals surface area contributed by atoms with Crippen LogP contribution in [0.4, 0.5) is 4.39 Å². The first-order chi connectivity index (χ1) is 11.5. The van der Waals surface area contributed by atoms with Gasteiger partial charge in [-0.2, -0.15) is 0 Å². The summed E-state index contributed by atoms with van der Waals surface area (Å²) in [4.78, 5) is 23.4. The summed E-state index contributed by atoms with van der Waals surface area (Å²) in [5, 5.41) is 14.9. The summed E-state index contributed by atoms with van der Waals surface area (Å²) in [5.74, 6) is -1.90. The Morgan fingerprint density at radius 3 is 2.46 bits per heavy atom. The van der Waals surface area contributed by atoms with Crippen LogP contribution in [-0.2, 0) is 23.2 Å². The first-order valence-corrected chi connectivity index (χ1v) is 7.57. The molecular weight excluding hydrogens is 313 g/mol. The molecule has 6 nitrogen and oxygen atoms in total. The van der Waals surface area contributed by atoms with Crippen LogP contribution in [0.1, 0.15) is 23.8 Å². The molecular formula is C17H20FN3O3. The minimum Gasteiger partial charge on any atom is -0.387 e. The Morgan fingerprint density at radius 1 is 1.17 bits per heavy atom. The number of aliphatic hydroxyl groups is 1. The zero-order chi connectivity index (χ0) is 17.5. The van der Waals surface area contributed by atoms with E-state index in [2.05, 4.69) is 10.6 Å². The first kappa shape index (κ1) is 17.7. The van der Waals surface area contributed by atoms with Crippen LogP contribution in [0.15, 0.2) is 42.6 Å². The van der Waals surface area contributed by atoms with Gasteiger partial charge >= 0.3 is 11.8 Å². The Balaban J connectivity index is 1.71. The van der Waals surface area contributed by atoms with Gasteiger partial charge in [0.1, 0.15) is 5.82 Å². The third kappa shape index (κ3) is 4.92. The maximum Gasteiger partial charge on any atom is 0.309 e. The van der Waals surface area contributed by atoms with Gasteiger partial charge < -0.3 is 20.3 Å². The van der Waals surface area contributed by atoms with E-state index in [0.717, 1.165) is 5.69 Å². The largest absolute Gasteiger partial charge is 0.387 e. The Labute approximate surface area is 139 Å². The molecule has 0 saturated heterocycles. The van der Waals surface area contributed by atoms with Gasteiger partial charge in [-0.3, -0.25) is 9.59 Å². The van der Waals surface area contributed by atoms with Crippen molar-refractivity contribution in [3.8, 4) is 0 Å². The predicted octanol–water partition coefficient (Wildman–Crippen LogP) is 1.02. The SMILES string of the molecule is Cn1cccc1[C@@H](O)CCNC(=O)C(=O)NCc1ccc(F)cc1. The van der Waals surface area contributed by atoms with Crippen molar-refractivity contribution >= 4 is 11.8 Å². The Morgan fingerprint density at radius 2 is 1.83 bits per heavy atom. The lowest BCUT2D eigenvalue weighted by Crippen LogP contribution is -2.40. The number of rotatable bonds is 6. The molecule has 3 N–H and O–H groups in total.